The van der Waals surface area contributed by atoms with Gasteiger partial charge in [0, 0.05) is 44.9 Å². The number of urea groups is 2. The zero-order valence-corrected chi connectivity index (χ0v) is 14.3. The van der Waals surface area contributed by atoms with Gasteiger partial charge in [0.15, 0.2) is 0 Å². The molecule has 2 aliphatic rings. The molecule has 1 aromatic rings. The van der Waals surface area contributed by atoms with Crippen molar-refractivity contribution >= 4 is 23.4 Å². The molecule has 0 bridgehead atoms. The van der Waals surface area contributed by atoms with Gasteiger partial charge in [0.05, 0.1) is 12.3 Å². The number of carbonyl (C=O) groups is 2. The number of methoxy groups -OCH3 is 1. The zero-order valence-electron chi connectivity index (χ0n) is 14.3. The topological polar surface area (TPSA) is 73.9 Å². The normalized spacial score (nSPS) is 20.6. The number of hydrogen-bond donors (Lipinski definition) is 2. The van der Waals surface area contributed by atoms with Gasteiger partial charge in [0.1, 0.15) is 5.82 Å². The summed E-state index contributed by atoms with van der Waals surface area (Å²) in [4.78, 5) is 27.4. The van der Waals surface area contributed by atoms with E-state index in [1.54, 1.807) is 12.0 Å². The van der Waals surface area contributed by atoms with E-state index in [9.17, 15) is 14.0 Å². The molecule has 1 atom stereocenters. The number of hydrogen-bond acceptors (Lipinski definition) is 3. The molecule has 0 aliphatic carbocycles. The van der Waals surface area contributed by atoms with Crippen molar-refractivity contribution in [3.05, 3.63) is 24.0 Å². The van der Waals surface area contributed by atoms with Gasteiger partial charge in [-0.05, 0) is 31.0 Å². The van der Waals surface area contributed by atoms with Crippen LogP contribution in [0, 0.1) is 11.7 Å². The third kappa shape index (κ3) is 4.01. The number of ether oxygens (including phenoxy) is 1. The molecule has 2 aliphatic heterocycles. The molecule has 0 aromatic heterocycles. The van der Waals surface area contributed by atoms with Crippen LogP contribution in [0.1, 0.15) is 12.8 Å². The molecule has 0 saturated carbocycles. The average Bonchev–Trinajstić information content (AvgIpc) is 3.06. The number of halogens is 1. The van der Waals surface area contributed by atoms with Crippen LogP contribution in [0.4, 0.5) is 25.4 Å². The first kappa shape index (κ1) is 17.5. The average molecular weight is 350 g/mol. The molecule has 2 heterocycles. The molecule has 0 spiro atoms. The first-order chi connectivity index (χ1) is 12.1. The van der Waals surface area contributed by atoms with E-state index in [-0.39, 0.29) is 17.7 Å². The first-order valence-corrected chi connectivity index (χ1v) is 8.48. The lowest BCUT2D eigenvalue weighted by molar-refractivity contribution is 0.154. The number of carbonyl (C=O) groups excluding carboxylic acids is 2. The van der Waals surface area contributed by atoms with Crippen LogP contribution in [0.5, 0.6) is 0 Å². The van der Waals surface area contributed by atoms with Crippen LogP contribution in [-0.4, -0.2) is 56.9 Å². The molecular weight excluding hydrogens is 327 g/mol. The van der Waals surface area contributed by atoms with E-state index >= 15 is 0 Å². The summed E-state index contributed by atoms with van der Waals surface area (Å²) in [5.74, 6) is -0.145. The summed E-state index contributed by atoms with van der Waals surface area (Å²) < 4.78 is 19.3. The predicted octanol–water partition coefficient (Wildman–Crippen LogP) is 2.25. The number of nitrogens with one attached hydrogen (secondary N) is 2. The van der Waals surface area contributed by atoms with Gasteiger partial charge in [-0.3, -0.25) is 4.90 Å². The minimum Gasteiger partial charge on any atom is -0.384 e. The van der Waals surface area contributed by atoms with Gasteiger partial charge in [0.2, 0.25) is 0 Å². The molecule has 1 aromatic carbocycles. The fraction of sp³-hybridized carbons (Fsp3) is 0.529. The van der Waals surface area contributed by atoms with Crippen molar-refractivity contribution < 1.29 is 18.7 Å². The number of rotatable bonds is 4. The fourth-order valence-corrected chi connectivity index (χ4v) is 3.25. The summed E-state index contributed by atoms with van der Waals surface area (Å²) >= 11 is 0. The van der Waals surface area contributed by atoms with E-state index in [1.165, 1.54) is 23.1 Å². The lowest BCUT2D eigenvalue weighted by atomic mass is 10.1. The maximum Gasteiger partial charge on any atom is 0.321 e. The van der Waals surface area contributed by atoms with Crippen LogP contribution >= 0.6 is 0 Å². The van der Waals surface area contributed by atoms with Gasteiger partial charge >= 0.3 is 12.1 Å². The van der Waals surface area contributed by atoms with Crippen LogP contribution in [-0.2, 0) is 4.74 Å². The third-order valence-corrected chi connectivity index (χ3v) is 4.54. The molecule has 25 heavy (non-hydrogen) atoms. The standard InChI is InChI=1S/C17H23FN4O3/c1-25-11-12-5-8-21(10-12)17(24)20-13-3-4-14(18)15(9-13)22-7-2-6-19-16(22)23/h3-4,9,12H,2,5-8,10-11H2,1H3,(H,19,23)(H,20,24)/t12-/m0/s1. The molecule has 136 valence electrons. The second-order valence-corrected chi connectivity index (χ2v) is 6.39. The van der Waals surface area contributed by atoms with Crippen molar-refractivity contribution in [3.8, 4) is 0 Å². The summed E-state index contributed by atoms with van der Waals surface area (Å²) in [5.41, 5.74) is 0.642. The Morgan fingerprint density at radius 2 is 2.28 bits per heavy atom. The zero-order chi connectivity index (χ0) is 17.8. The van der Waals surface area contributed by atoms with E-state index in [4.69, 9.17) is 4.74 Å². The fourth-order valence-electron chi connectivity index (χ4n) is 3.25. The van der Waals surface area contributed by atoms with E-state index in [1.807, 2.05) is 0 Å². The van der Waals surface area contributed by atoms with Crippen LogP contribution in [0.25, 0.3) is 0 Å². The summed E-state index contributed by atoms with van der Waals surface area (Å²) in [5, 5.41) is 5.48. The Hall–Kier alpha value is -2.35. The van der Waals surface area contributed by atoms with Crippen molar-refractivity contribution in [1.82, 2.24) is 10.2 Å². The van der Waals surface area contributed by atoms with Crippen molar-refractivity contribution in [2.75, 3.05) is 50.1 Å². The highest BCUT2D eigenvalue weighted by Crippen LogP contribution is 2.26. The Labute approximate surface area is 146 Å². The highest BCUT2D eigenvalue weighted by atomic mass is 19.1. The Balaban J connectivity index is 1.68. The number of amides is 4. The van der Waals surface area contributed by atoms with E-state index in [0.717, 1.165) is 12.8 Å². The largest absolute Gasteiger partial charge is 0.384 e. The van der Waals surface area contributed by atoms with Crippen molar-refractivity contribution in [2.45, 2.75) is 12.8 Å². The Morgan fingerprint density at radius 1 is 1.44 bits per heavy atom. The van der Waals surface area contributed by atoms with Crippen LogP contribution in [0.15, 0.2) is 18.2 Å². The quantitative estimate of drug-likeness (QED) is 0.875. The molecule has 2 fully saturated rings. The van der Waals surface area contributed by atoms with Crippen molar-refractivity contribution in [3.63, 3.8) is 0 Å². The lowest BCUT2D eigenvalue weighted by Crippen LogP contribution is -2.46. The van der Waals surface area contributed by atoms with E-state index in [2.05, 4.69) is 10.6 Å². The van der Waals surface area contributed by atoms with E-state index in [0.29, 0.717) is 44.4 Å². The van der Waals surface area contributed by atoms with Crippen LogP contribution in [0.3, 0.4) is 0 Å². The Bertz CT molecular complexity index is 655. The minimum atomic E-state index is -0.489. The van der Waals surface area contributed by atoms with Gasteiger partial charge in [-0.1, -0.05) is 0 Å². The molecule has 4 amide bonds. The molecule has 2 saturated heterocycles. The van der Waals surface area contributed by atoms with Crippen LogP contribution in [0.2, 0.25) is 0 Å². The monoisotopic (exact) mass is 350 g/mol. The maximum atomic E-state index is 14.1. The second-order valence-electron chi connectivity index (χ2n) is 6.39. The summed E-state index contributed by atoms with van der Waals surface area (Å²) in [7, 11) is 1.65. The molecule has 7 nitrogen and oxygen atoms in total. The van der Waals surface area contributed by atoms with Gasteiger partial charge in [-0.15, -0.1) is 0 Å². The van der Waals surface area contributed by atoms with Gasteiger partial charge < -0.3 is 20.3 Å². The summed E-state index contributed by atoms with van der Waals surface area (Å²) in [6.45, 7) is 2.98. The number of nitrogens with zero attached hydrogens (tertiary/aromatic N) is 2. The number of likely N-dealkylation sites (tertiary alicyclic amines) is 1. The van der Waals surface area contributed by atoms with Gasteiger partial charge in [-0.2, -0.15) is 0 Å². The SMILES string of the molecule is COC[C@H]1CCN(C(=O)Nc2ccc(F)c(N3CCCNC3=O)c2)C1. The smallest absolute Gasteiger partial charge is 0.321 e. The highest BCUT2D eigenvalue weighted by Gasteiger charge is 2.27. The maximum absolute atomic E-state index is 14.1. The Kier molecular flexibility index (Phi) is 5.37. The number of benzene rings is 1. The van der Waals surface area contributed by atoms with Gasteiger partial charge in [-0.25, -0.2) is 14.0 Å². The molecule has 8 heteroatoms. The summed E-state index contributed by atoms with van der Waals surface area (Å²) in [6.07, 6.45) is 1.65. The molecule has 0 unspecified atom stereocenters. The number of anilines is 2. The lowest BCUT2D eigenvalue weighted by Gasteiger charge is -2.28. The van der Waals surface area contributed by atoms with Crippen LogP contribution < -0.4 is 15.5 Å². The summed E-state index contributed by atoms with van der Waals surface area (Å²) in [6, 6.07) is 3.72. The molecule has 2 N–H and O–H groups in total. The van der Waals surface area contributed by atoms with Crippen molar-refractivity contribution in [2.24, 2.45) is 5.92 Å². The van der Waals surface area contributed by atoms with Crippen molar-refractivity contribution in [1.29, 1.82) is 0 Å². The predicted molar refractivity (Wildman–Crippen MR) is 92.3 cm³/mol. The third-order valence-electron chi connectivity index (χ3n) is 4.54. The highest BCUT2D eigenvalue weighted by molar-refractivity contribution is 5.95. The van der Waals surface area contributed by atoms with Gasteiger partial charge in [0.25, 0.3) is 0 Å². The van der Waals surface area contributed by atoms with E-state index < -0.39 is 5.82 Å². The second kappa shape index (κ2) is 7.69. The molecular formula is C17H23FN4O3. The first-order valence-electron chi connectivity index (χ1n) is 8.48. The minimum absolute atomic E-state index is 0.175. The Morgan fingerprint density at radius 3 is 3.04 bits per heavy atom. The molecule has 0 radical (unpaired) electrons. The molecule has 3 rings (SSSR count).